The zero-order valence-corrected chi connectivity index (χ0v) is 18.7. The number of nitrogens with zero attached hydrogens (tertiary/aromatic N) is 1. The number of furan rings is 1. The molecule has 4 aromatic carbocycles. The fraction of sp³-hybridized carbons (Fsp3) is 0.0714. The number of hydrogen-bond acceptors (Lipinski definition) is 5. The van der Waals surface area contributed by atoms with Gasteiger partial charge in [0.25, 0.3) is 0 Å². The second-order valence-corrected chi connectivity index (χ2v) is 8.09. The van der Waals surface area contributed by atoms with Gasteiger partial charge in [0.05, 0.1) is 17.8 Å². The number of hydroxylamine groups is 1. The Morgan fingerprint density at radius 1 is 0.861 bits per heavy atom. The zero-order chi connectivity index (χ0) is 25.3. The third kappa shape index (κ3) is 4.53. The molecule has 1 aromatic heterocycles. The van der Waals surface area contributed by atoms with Crippen LogP contribution in [-0.2, 0) is 27.1 Å². The minimum absolute atomic E-state index is 0.0242. The molecule has 0 radical (unpaired) electrons. The first-order valence-corrected chi connectivity index (χ1v) is 10.9. The fourth-order valence-corrected chi connectivity index (χ4v) is 4.05. The first kappa shape index (κ1) is 23.2. The summed E-state index contributed by atoms with van der Waals surface area (Å²) in [5.74, 6) is -1.13. The molecule has 0 unspecified atom stereocenters. The van der Waals surface area contributed by atoms with E-state index >= 15 is 0 Å². The fourth-order valence-electron chi connectivity index (χ4n) is 4.05. The first-order valence-electron chi connectivity index (χ1n) is 10.9. The lowest BCUT2D eigenvalue weighted by atomic mass is 10.0. The van der Waals surface area contributed by atoms with Gasteiger partial charge < -0.3 is 9.25 Å². The van der Waals surface area contributed by atoms with Crippen molar-refractivity contribution < 1.29 is 32.0 Å². The summed E-state index contributed by atoms with van der Waals surface area (Å²) in [6.07, 6.45) is -4.43. The van der Waals surface area contributed by atoms with Gasteiger partial charge in [0.15, 0.2) is 0 Å². The van der Waals surface area contributed by atoms with Crippen molar-refractivity contribution in [2.45, 2.75) is 12.7 Å². The number of benzene rings is 4. The van der Waals surface area contributed by atoms with Gasteiger partial charge in [-0.2, -0.15) is 13.2 Å². The summed E-state index contributed by atoms with van der Waals surface area (Å²) in [4.78, 5) is 27.7. The van der Waals surface area contributed by atoms with Gasteiger partial charge in [0.1, 0.15) is 11.2 Å². The lowest BCUT2D eigenvalue weighted by Gasteiger charge is -2.22. The Morgan fingerprint density at radius 3 is 2.25 bits per heavy atom. The number of alkyl halides is 3. The maximum absolute atomic E-state index is 12.9. The summed E-state index contributed by atoms with van der Waals surface area (Å²) < 4.78 is 44.7. The summed E-state index contributed by atoms with van der Waals surface area (Å²) in [6.45, 7) is -0.0593. The van der Waals surface area contributed by atoms with Gasteiger partial charge in [-0.25, -0.2) is 9.86 Å². The van der Waals surface area contributed by atoms with E-state index < -0.39 is 17.7 Å². The Bertz CT molecular complexity index is 1550. The highest BCUT2D eigenvalue weighted by atomic mass is 19.4. The van der Waals surface area contributed by atoms with Crippen LogP contribution >= 0.6 is 0 Å². The van der Waals surface area contributed by atoms with Crippen molar-refractivity contribution in [2.75, 3.05) is 5.06 Å². The Labute approximate surface area is 203 Å². The molecule has 0 atom stereocenters. The quantitative estimate of drug-likeness (QED) is 0.147. The Morgan fingerprint density at radius 2 is 1.56 bits per heavy atom. The van der Waals surface area contributed by atoms with Crippen molar-refractivity contribution >= 4 is 39.9 Å². The number of anilines is 1. The van der Waals surface area contributed by atoms with Crippen molar-refractivity contribution in [1.29, 1.82) is 0 Å². The molecular formula is C28H18F3NO4. The number of carbonyl (C=O) groups excluding carboxylic acids is 2. The van der Waals surface area contributed by atoms with Crippen molar-refractivity contribution in [3.8, 4) is 11.1 Å². The lowest BCUT2D eigenvalue weighted by Crippen LogP contribution is -2.27. The number of aldehydes is 1. The molecule has 0 aliphatic rings. The lowest BCUT2D eigenvalue weighted by molar-refractivity contribution is -0.150. The van der Waals surface area contributed by atoms with E-state index in [9.17, 15) is 22.8 Å². The molecule has 0 aliphatic heterocycles. The van der Waals surface area contributed by atoms with Gasteiger partial charge in [-0.1, -0.05) is 60.7 Å². The van der Waals surface area contributed by atoms with E-state index in [4.69, 9.17) is 9.25 Å². The smallest absolute Gasteiger partial charge is 0.416 e. The minimum atomic E-state index is -4.46. The number of para-hydroxylation sites is 2. The number of rotatable bonds is 6. The Balaban J connectivity index is 1.46. The molecule has 0 fully saturated rings. The third-order valence-corrected chi connectivity index (χ3v) is 5.77. The highest BCUT2D eigenvalue weighted by Gasteiger charge is 2.30. The van der Waals surface area contributed by atoms with Crippen LogP contribution < -0.4 is 5.06 Å². The number of hydrogen-bond donors (Lipinski definition) is 0. The maximum Gasteiger partial charge on any atom is 0.416 e. The van der Waals surface area contributed by atoms with E-state index in [1.165, 1.54) is 12.1 Å². The molecule has 36 heavy (non-hydrogen) atoms. The number of carbonyl (C=O) groups is 2. The molecule has 0 N–H and O–H groups in total. The van der Waals surface area contributed by atoms with E-state index in [0.717, 1.165) is 50.3 Å². The van der Waals surface area contributed by atoms with Crippen LogP contribution in [0.4, 0.5) is 18.9 Å². The molecule has 5 aromatic rings. The zero-order valence-electron chi connectivity index (χ0n) is 18.7. The van der Waals surface area contributed by atoms with E-state index in [1.807, 2.05) is 54.6 Å². The molecule has 0 spiro atoms. The molecule has 1 heterocycles. The molecule has 0 bridgehead atoms. The summed E-state index contributed by atoms with van der Waals surface area (Å²) in [5.41, 5.74) is 3.34. The second kappa shape index (κ2) is 9.22. The SMILES string of the molecule is O=CC(=O)ON(Cc1ccc(C(F)(F)F)cc1)c1ccc(-c2cccc3c2oc2ccccc23)cc1. The van der Waals surface area contributed by atoms with Crippen LogP contribution in [0.1, 0.15) is 11.1 Å². The van der Waals surface area contributed by atoms with Gasteiger partial charge in [-0.05, 0) is 41.5 Å². The highest BCUT2D eigenvalue weighted by Crippen LogP contribution is 2.36. The Hall–Kier alpha value is -4.59. The van der Waals surface area contributed by atoms with Crippen LogP contribution in [0.2, 0.25) is 0 Å². The normalized spacial score (nSPS) is 11.5. The summed E-state index contributed by atoms with van der Waals surface area (Å²) in [7, 11) is 0. The first-order chi connectivity index (χ1) is 17.3. The van der Waals surface area contributed by atoms with Gasteiger partial charge >= 0.3 is 12.1 Å². The van der Waals surface area contributed by atoms with Crippen molar-refractivity contribution in [2.24, 2.45) is 0 Å². The minimum Gasteiger partial charge on any atom is -0.455 e. The number of fused-ring (bicyclic) bond motifs is 3. The predicted molar refractivity (Wildman–Crippen MR) is 129 cm³/mol. The number of halogens is 3. The van der Waals surface area contributed by atoms with Crippen LogP contribution in [0.15, 0.2) is 95.4 Å². The maximum atomic E-state index is 12.9. The van der Waals surface area contributed by atoms with Crippen molar-refractivity contribution in [3.05, 3.63) is 102 Å². The summed E-state index contributed by atoms with van der Waals surface area (Å²) in [6, 6.07) is 25.1. The average Bonchev–Trinajstić information content (AvgIpc) is 3.27. The molecule has 0 saturated heterocycles. The molecule has 5 rings (SSSR count). The van der Waals surface area contributed by atoms with Gasteiger partial charge in [-0.15, -0.1) is 0 Å². The third-order valence-electron chi connectivity index (χ3n) is 5.77. The molecule has 0 saturated carbocycles. The molecule has 0 amide bonds. The van der Waals surface area contributed by atoms with E-state index in [1.54, 1.807) is 12.1 Å². The molecular weight excluding hydrogens is 471 g/mol. The monoisotopic (exact) mass is 489 g/mol. The molecule has 8 heteroatoms. The van der Waals surface area contributed by atoms with Crippen LogP contribution in [0, 0.1) is 0 Å². The average molecular weight is 489 g/mol. The van der Waals surface area contributed by atoms with Crippen LogP contribution in [0.25, 0.3) is 33.1 Å². The van der Waals surface area contributed by atoms with Crippen LogP contribution in [0.5, 0.6) is 0 Å². The van der Waals surface area contributed by atoms with Crippen molar-refractivity contribution in [3.63, 3.8) is 0 Å². The van der Waals surface area contributed by atoms with E-state index in [0.29, 0.717) is 11.3 Å². The standard InChI is InChI=1S/C28H18F3NO4/c29-28(30,31)20-12-8-18(9-13-20)16-32(36-26(34)17-33)21-14-10-19(11-15-21)22-5-3-6-24-23-4-1-2-7-25(23)35-27(22)24/h1-15,17H,16H2. The Kier molecular flexibility index (Phi) is 5.93. The van der Waals surface area contributed by atoms with Gasteiger partial charge in [0, 0.05) is 16.3 Å². The van der Waals surface area contributed by atoms with Crippen molar-refractivity contribution in [1.82, 2.24) is 0 Å². The topological polar surface area (TPSA) is 59.8 Å². The van der Waals surface area contributed by atoms with Gasteiger partial charge in [0.2, 0.25) is 6.29 Å². The van der Waals surface area contributed by atoms with E-state index in [-0.39, 0.29) is 12.8 Å². The molecule has 0 aliphatic carbocycles. The van der Waals surface area contributed by atoms with E-state index in [2.05, 4.69) is 0 Å². The predicted octanol–water partition coefficient (Wildman–Crippen LogP) is 6.94. The second-order valence-electron chi connectivity index (χ2n) is 8.09. The highest BCUT2D eigenvalue weighted by molar-refractivity contribution is 6.20. The van der Waals surface area contributed by atoms with Crippen LogP contribution in [0.3, 0.4) is 0 Å². The summed E-state index contributed by atoms with van der Waals surface area (Å²) >= 11 is 0. The molecule has 5 nitrogen and oxygen atoms in total. The largest absolute Gasteiger partial charge is 0.455 e. The summed E-state index contributed by atoms with van der Waals surface area (Å²) in [5, 5.41) is 3.15. The molecule has 180 valence electrons. The van der Waals surface area contributed by atoms with Gasteiger partial charge in [-0.3, -0.25) is 4.79 Å². The van der Waals surface area contributed by atoms with Crippen LogP contribution in [-0.4, -0.2) is 12.3 Å².